The van der Waals surface area contributed by atoms with Crippen molar-refractivity contribution in [2.75, 3.05) is 26.9 Å². The predicted molar refractivity (Wildman–Crippen MR) is 76.7 cm³/mol. The number of nitrogens with one attached hydrogen (secondary N) is 1. The molecule has 0 aliphatic carbocycles. The summed E-state index contributed by atoms with van der Waals surface area (Å²) in [7, 11) is 1.69. The van der Waals surface area contributed by atoms with E-state index in [-0.39, 0.29) is 0 Å². The summed E-state index contributed by atoms with van der Waals surface area (Å²) in [6.45, 7) is 5.64. The van der Waals surface area contributed by atoms with Crippen LogP contribution in [0.4, 0.5) is 0 Å². The lowest BCUT2D eigenvalue weighted by atomic mass is 10.1. The van der Waals surface area contributed by atoms with Gasteiger partial charge in [-0.15, -0.1) is 0 Å². The fraction of sp³-hybridized carbons (Fsp3) is 0.600. The first kappa shape index (κ1) is 16.0. The van der Waals surface area contributed by atoms with Gasteiger partial charge in [0.05, 0.1) is 6.61 Å². The highest BCUT2D eigenvalue weighted by Crippen LogP contribution is 2.14. The zero-order chi connectivity index (χ0) is 14.1. The zero-order valence-electron chi connectivity index (χ0n) is 12.1. The zero-order valence-corrected chi connectivity index (χ0v) is 12.1. The van der Waals surface area contributed by atoms with E-state index in [9.17, 15) is 5.11 Å². The number of ether oxygens (including phenoxy) is 2. The Morgan fingerprint density at radius 2 is 2.11 bits per heavy atom. The molecule has 0 bridgehead atoms. The number of hydrogen-bond donors (Lipinski definition) is 2. The van der Waals surface area contributed by atoms with Crippen LogP contribution in [0.15, 0.2) is 24.3 Å². The molecule has 0 spiro atoms. The molecule has 4 nitrogen and oxygen atoms in total. The van der Waals surface area contributed by atoms with Crippen LogP contribution in [0.2, 0.25) is 0 Å². The number of aliphatic hydroxyl groups is 1. The molecule has 2 N–H and O–H groups in total. The molecule has 0 saturated heterocycles. The van der Waals surface area contributed by atoms with Gasteiger partial charge in [-0.05, 0) is 24.1 Å². The van der Waals surface area contributed by atoms with E-state index in [1.165, 1.54) is 5.56 Å². The summed E-state index contributed by atoms with van der Waals surface area (Å²) in [5.41, 5.74) is 1.18. The van der Waals surface area contributed by atoms with Crippen molar-refractivity contribution in [3.05, 3.63) is 29.8 Å². The number of rotatable bonds is 9. The average Bonchev–Trinajstić information content (AvgIpc) is 2.41. The van der Waals surface area contributed by atoms with Crippen LogP contribution in [0.5, 0.6) is 5.75 Å². The number of benzene rings is 1. The van der Waals surface area contributed by atoms with Gasteiger partial charge in [0.2, 0.25) is 0 Å². The molecule has 0 aliphatic rings. The van der Waals surface area contributed by atoms with Crippen molar-refractivity contribution in [1.29, 1.82) is 0 Å². The number of methoxy groups -OCH3 is 1. The Bertz CT molecular complexity index is 355. The summed E-state index contributed by atoms with van der Waals surface area (Å²) >= 11 is 0. The van der Waals surface area contributed by atoms with Crippen LogP contribution in [0.3, 0.4) is 0 Å². The molecule has 0 aromatic heterocycles. The second kappa shape index (κ2) is 8.91. The molecule has 0 amide bonds. The Labute approximate surface area is 115 Å². The van der Waals surface area contributed by atoms with Gasteiger partial charge < -0.3 is 19.9 Å². The third-order valence-corrected chi connectivity index (χ3v) is 2.70. The molecule has 0 radical (unpaired) electrons. The van der Waals surface area contributed by atoms with E-state index in [1.807, 2.05) is 38.1 Å². The maximum Gasteiger partial charge on any atom is 0.119 e. The van der Waals surface area contributed by atoms with E-state index in [0.29, 0.717) is 25.8 Å². The Morgan fingerprint density at radius 3 is 2.79 bits per heavy atom. The molecule has 0 aliphatic heterocycles. The van der Waals surface area contributed by atoms with Crippen molar-refractivity contribution in [2.24, 2.45) is 0 Å². The molecule has 1 aromatic rings. The minimum absolute atomic E-state index is 0.299. The van der Waals surface area contributed by atoms with Crippen molar-refractivity contribution in [1.82, 2.24) is 5.32 Å². The van der Waals surface area contributed by atoms with E-state index in [0.717, 1.165) is 12.2 Å². The van der Waals surface area contributed by atoms with Gasteiger partial charge in [0, 0.05) is 19.7 Å². The predicted octanol–water partition coefficient (Wildman–Crippen LogP) is 1.61. The SMILES string of the molecule is COCCc1cccc(OC[C@H](O)CNC(C)C)c1. The molecular formula is C15H25NO3. The Kier molecular flexibility index (Phi) is 7.48. The fourth-order valence-electron chi connectivity index (χ4n) is 1.63. The van der Waals surface area contributed by atoms with Gasteiger partial charge >= 0.3 is 0 Å². The van der Waals surface area contributed by atoms with Gasteiger partial charge in [-0.25, -0.2) is 0 Å². The lowest BCUT2D eigenvalue weighted by Crippen LogP contribution is -2.35. The Hall–Kier alpha value is -1.10. The number of hydrogen-bond acceptors (Lipinski definition) is 4. The average molecular weight is 267 g/mol. The molecule has 0 heterocycles. The van der Waals surface area contributed by atoms with Crippen LogP contribution < -0.4 is 10.1 Å². The summed E-state index contributed by atoms with van der Waals surface area (Å²) in [6.07, 6.45) is 0.371. The van der Waals surface area contributed by atoms with Crippen molar-refractivity contribution in [3.8, 4) is 5.75 Å². The molecule has 0 unspecified atom stereocenters. The topological polar surface area (TPSA) is 50.7 Å². The van der Waals surface area contributed by atoms with E-state index >= 15 is 0 Å². The van der Waals surface area contributed by atoms with Gasteiger partial charge in [-0.3, -0.25) is 0 Å². The quantitative estimate of drug-likeness (QED) is 0.714. The molecule has 108 valence electrons. The van der Waals surface area contributed by atoms with Crippen molar-refractivity contribution in [3.63, 3.8) is 0 Å². The largest absolute Gasteiger partial charge is 0.491 e. The molecule has 4 heteroatoms. The lowest BCUT2D eigenvalue weighted by Gasteiger charge is -2.15. The fourth-order valence-corrected chi connectivity index (χ4v) is 1.63. The smallest absolute Gasteiger partial charge is 0.119 e. The third kappa shape index (κ3) is 7.15. The molecule has 1 aromatic carbocycles. The maximum absolute atomic E-state index is 9.76. The minimum atomic E-state index is -0.495. The van der Waals surface area contributed by atoms with E-state index in [4.69, 9.17) is 9.47 Å². The van der Waals surface area contributed by atoms with Crippen LogP contribution >= 0.6 is 0 Å². The van der Waals surface area contributed by atoms with Gasteiger partial charge in [0.1, 0.15) is 18.5 Å². The standard InChI is InChI=1S/C15H25NO3/c1-12(2)16-10-14(17)11-19-15-6-4-5-13(9-15)7-8-18-3/h4-6,9,12,14,16-17H,7-8,10-11H2,1-3H3/t14-/m1/s1. The first-order valence-corrected chi connectivity index (χ1v) is 6.74. The van der Waals surface area contributed by atoms with Gasteiger partial charge in [0.25, 0.3) is 0 Å². The van der Waals surface area contributed by atoms with Crippen LogP contribution in [0, 0.1) is 0 Å². The van der Waals surface area contributed by atoms with Crippen LogP contribution in [-0.2, 0) is 11.2 Å². The molecule has 1 rings (SSSR count). The second-order valence-corrected chi connectivity index (χ2v) is 4.92. The van der Waals surface area contributed by atoms with Crippen molar-refractivity contribution >= 4 is 0 Å². The first-order valence-electron chi connectivity index (χ1n) is 6.74. The highest BCUT2D eigenvalue weighted by atomic mass is 16.5. The summed E-state index contributed by atoms with van der Waals surface area (Å²) < 4.78 is 10.6. The van der Waals surface area contributed by atoms with E-state index < -0.39 is 6.10 Å². The molecule has 1 atom stereocenters. The monoisotopic (exact) mass is 267 g/mol. The highest BCUT2D eigenvalue weighted by molar-refractivity contribution is 5.28. The van der Waals surface area contributed by atoms with Crippen LogP contribution in [-0.4, -0.2) is 44.1 Å². The normalized spacial score (nSPS) is 12.7. The summed E-state index contributed by atoms with van der Waals surface area (Å²) in [4.78, 5) is 0. The third-order valence-electron chi connectivity index (χ3n) is 2.70. The number of aliphatic hydroxyl groups excluding tert-OH is 1. The minimum Gasteiger partial charge on any atom is -0.491 e. The van der Waals surface area contributed by atoms with Crippen LogP contribution in [0.1, 0.15) is 19.4 Å². The van der Waals surface area contributed by atoms with Crippen LogP contribution in [0.25, 0.3) is 0 Å². The van der Waals surface area contributed by atoms with E-state index in [2.05, 4.69) is 5.32 Å². The van der Waals surface area contributed by atoms with Crippen molar-refractivity contribution < 1.29 is 14.6 Å². The second-order valence-electron chi connectivity index (χ2n) is 4.92. The molecule has 0 fully saturated rings. The summed E-state index contributed by atoms with van der Waals surface area (Å²) in [6, 6.07) is 8.26. The van der Waals surface area contributed by atoms with Crippen molar-refractivity contribution in [2.45, 2.75) is 32.4 Å². The summed E-state index contributed by atoms with van der Waals surface area (Å²) in [5, 5.41) is 12.9. The highest BCUT2D eigenvalue weighted by Gasteiger charge is 2.06. The van der Waals surface area contributed by atoms with Gasteiger partial charge in [-0.2, -0.15) is 0 Å². The maximum atomic E-state index is 9.76. The lowest BCUT2D eigenvalue weighted by molar-refractivity contribution is 0.104. The molecule has 0 saturated carbocycles. The molecule has 19 heavy (non-hydrogen) atoms. The summed E-state index contributed by atoms with van der Waals surface area (Å²) in [5.74, 6) is 0.789. The molecular weight excluding hydrogens is 242 g/mol. The first-order chi connectivity index (χ1) is 9.11. The van der Waals surface area contributed by atoms with E-state index in [1.54, 1.807) is 7.11 Å². The van der Waals surface area contributed by atoms with Gasteiger partial charge in [-0.1, -0.05) is 26.0 Å². The van der Waals surface area contributed by atoms with Gasteiger partial charge in [0.15, 0.2) is 0 Å². The Balaban J connectivity index is 2.35. The Morgan fingerprint density at radius 1 is 1.32 bits per heavy atom.